The van der Waals surface area contributed by atoms with Crippen molar-refractivity contribution in [2.24, 2.45) is 0 Å². The molecule has 0 saturated carbocycles. The minimum absolute atomic E-state index is 0.598. The molecule has 0 N–H and O–H groups in total. The van der Waals surface area contributed by atoms with Crippen LogP contribution in [0.25, 0.3) is 28.3 Å². The van der Waals surface area contributed by atoms with Crippen LogP contribution in [0.1, 0.15) is 0 Å². The summed E-state index contributed by atoms with van der Waals surface area (Å²) in [7, 11) is 0. The summed E-state index contributed by atoms with van der Waals surface area (Å²) in [5.41, 5.74) is 3.99. The molecule has 20 heavy (non-hydrogen) atoms. The van der Waals surface area contributed by atoms with Crippen LogP contribution < -0.4 is 0 Å². The van der Waals surface area contributed by atoms with E-state index >= 15 is 0 Å². The van der Waals surface area contributed by atoms with Crippen molar-refractivity contribution < 1.29 is 0 Å². The third-order valence-corrected chi connectivity index (χ3v) is 3.73. The van der Waals surface area contributed by atoms with E-state index in [4.69, 9.17) is 0 Å². The van der Waals surface area contributed by atoms with E-state index in [0.29, 0.717) is 5.78 Å². The highest BCUT2D eigenvalue weighted by molar-refractivity contribution is 7.08. The molecule has 0 spiro atoms. The first-order valence-corrected chi connectivity index (χ1v) is 7.00. The second kappa shape index (κ2) is 4.50. The SMILES string of the molecule is c1cc(-c2cc(-c3ccsc3)nc3ncnn23)ccn1. The first-order valence-electron chi connectivity index (χ1n) is 6.05. The van der Waals surface area contributed by atoms with Crippen molar-refractivity contribution in [1.29, 1.82) is 0 Å². The normalized spacial score (nSPS) is 11.0. The maximum atomic E-state index is 4.54. The fraction of sp³-hybridized carbons (Fsp3) is 0. The number of aromatic nitrogens is 5. The van der Waals surface area contributed by atoms with Crippen molar-refractivity contribution in [3.8, 4) is 22.5 Å². The zero-order chi connectivity index (χ0) is 13.4. The van der Waals surface area contributed by atoms with Gasteiger partial charge in [-0.25, -0.2) is 4.98 Å². The highest BCUT2D eigenvalue weighted by atomic mass is 32.1. The van der Waals surface area contributed by atoms with Gasteiger partial charge >= 0.3 is 0 Å². The summed E-state index contributed by atoms with van der Waals surface area (Å²) < 4.78 is 1.74. The Kier molecular flexibility index (Phi) is 2.53. The molecular formula is C14H9N5S. The van der Waals surface area contributed by atoms with Gasteiger partial charge in [-0.1, -0.05) is 0 Å². The molecule has 0 aliphatic heterocycles. The summed E-state index contributed by atoms with van der Waals surface area (Å²) in [6.07, 6.45) is 5.05. The Balaban J connectivity index is 2.01. The molecule has 4 aromatic heterocycles. The lowest BCUT2D eigenvalue weighted by molar-refractivity contribution is 0.949. The van der Waals surface area contributed by atoms with Crippen LogP contribution in [-0.4, -0.2) is 24.6 Å². The van der Waals surface area contributed by atoms with E-state index in [1.807, 2.05) is 23.6 Å². The van der Waals surface area contributed by atoms with Gasteiger partial charge in [0.15, 0.2) is 0 Å². The lowest BCUT2D eigenvalue weighted by Gasteiger charge is -2.06. The van der Waals surface area contributed by atoms with Gasteiger partial charge in [0.1, 0.15) is 6.33 Å². The van der Waals surface area contributed by atoms with Crippen LogP contribution in [0, 0.1) is 0 Å². The van der Waals surface area contributed by atoms with Crippen LogP contribution in [0.3, 0.4) is 0 Å². The molecule has 4 rings (SSSR count). The van der Waals surface area contributed by atoms with Crippen molar-refractivity contribution in [2.45, 2.75) is 0 Å². The molecule has 4 aromatic rings. The Bertz CT molecular complexity index is 852. The standard InChI is InChI=1S/C14H9N5S/c1-4-15-5-2-10(1)13-7-12(11-3-6-20-8-11)18-14-16-9-17-19(13)14/h1-9H. The van der Waals surface area contributed by atoms with Crippen molar-refractivity contribution in [3.05, 3.63) is 53.7 Å². The Morgan fingerprint density at radius 1 is 1.05 bits per heavy atom. The molecule has 0 atom stereocenters. The Hall–Kier alpha value is -2.60. The van der Waals surface area contributed by atoms with Gasteiger partial charge in [0, 0.05) is 28.9 Å². The molecule has 0 aliphatic carbocycles. The maximum Gasteiger partial charge on any atom is 0.253 e. The number of thiophene rings is 1. The van der Waals surface area contributed by atoms with Crippen molar-refractivity contribution in [1.82, 2.24) is 24.6 Å². The average molecular weight is 279 g/mol. The van der Waals surface area contributed by atoms with Gasteiger partial charge < -0.3 is 0 Å². The maximum absolute atomic E-state index is 4.54. The van der Waals surface area contributed by atoms with Crippen molar-refractivity contribution in [2.75, 3.05) is 0 Å². The number of fused-ring (bicyclic) bond motifs is 1. The summed E-state index contributed by atoms with van der Waals surface area (Å²) in [5, 5.41) is 8.36. The van der Waals surface area contributed by atoms with Crippen molar-refractivity contribution in [3.63, 3.8) is 0 Å². The van der Waals surface area contributed by atoms with Gasteiger partial charge in [-0.2, -0.15) is 25.9 Å². The van der Waals surface area contributed by atoms with Gasteiger partial charge in [0.05, 0.1) is 11.4 Å². The quantitative estimate of drug-likeness (QED) is 0.566. The molecule has 0 radical (unpaired) electrons. The van der Waals surface area contributed by atoms with Crippen LogP contribution in [0.15, 0.2) is 53.7 Å². The molecule has 4 heterocycles. The Labute approximate surface area is 118 Å². The molecule has 96 valence electrons. The van der Waals surface area contributed by atoms with Crippen LogP contribution in [0.2, 0.25) is 0 Å². The predicted molar refractivity (Wildman–Crippen MR) is 77.3 cm³/mol. The first-order chi connectivity index (χ1) is 9.92. The number of pyridine rings is 1. The van der Waals surface area contributed by atoms with Gasteiger partial charge in [-0.05, 0) is 29.6 Å². The van der Waals surface area contributed by atoms with E-state index in [1.54, 1.807) is 28.2 Å². The Morgan fingerprint density at radius 3 is 2.75 bits per heavy atom. The molecule has 0 aliphatic rings. The Morgan fingerprint density at radius 2 is 1.95 bits per heavy atom. The highest BCUT2D eigenvalue weighted by Gasteiger charge is 2.10. The topological polar surface area (TPSA) is 56.0 Å². The number of nitrogens with zero attached hydrogens (tertiary/aromatic N) is 5. The van der Waals surface area contributed by atoms with Gasteiger partial charge in [-0.3, -0.25) is 4.98 Å². The monoisotopic (exact) mass is 279 g/mol. The summed E-state index contributed by atoms with van der Waals surface area (Å²) in [6, 6.07) is 7.98. The van der Waals surface area contributed by atoms with Gasteiger partial charge in [0.2, 0.25) is 0 Å². The highest BCUT2D eigenvalue weighted by Crippen LogP contribution is 2.26. The summed E-state index contributed by atoms with van der Waals surface area (Å²) in [5.74, 6) is 0.598. The average Bonchev–Trinajstić information content (AvgIpc) is 3.18. The molecule has 0 unspecified atom stereocenters. The molecule has 0 bridgehead atoms. The number of rotatable bonds is 2. The molecular weight excluding hydrogens is 270 g/mol. The summed E-state index contributed by atoms with van der Waals surface area (Å²) in [4.78, 5) is 12.8. The van der Waals surface area contributed by atoms with Crippen LogP contribution in [0.5, 0.6) is 0 Å². The molecule has 0 saturated heterocycles. The van der Waals surface area contributed by atoms with Gasteiger partial charge in [-0.15, -0.1) is 0 Å². The smallest absolute Gasteiger partial charge is 0.253 e. The lowest BCUT2D eigenvalue weighted by Crippen LogP contribution is -1.98. The van der Waals surface area contributed by atoms with E-state index < -0.39 is 0 Å². The summed E-state index contributed by atoms with van der Waals surface area (Å²) >= 11 is 1.65. The zero-order valence-electron chi connectivity index (χ0n) is 10.3. The molecule has 5 nitrogen and oxygen atoms in total. The van der Waals surface area contributed by atoms with E-state index in [9.17, 15) is 0 Å². The molecule has 0 aromatic carbocycles. The second-order valence-corrected chi connectivity index (χ2v) is 5.03. The van der Waals surface area contributed by atoms with Crippen molar-refractivity contribution >= 4 is 17.1 Å². The van der Waals surface area contributed by atoms with Crippen LogP contribution in [0.4, 0.5) is 0 Å². The first kappa shape index (κ1) is 11.2. The number of hydrogen-bond acceptors (Lipinski definition) is 5. The van der Waals surface area contributed by atoms with E-state index in [0.717, 1.165) is 22.5 Å². The third kappa shape index (κ3) is 1.78. The summed E-state index contributed by atoms with van der Waals surface area (Å²) in [6.45, 7) is 0. The molecule has 0 amide bonds. The minimum Gasteiger partial charge on any atom is -0.265 e. The zero-order valence-corrected chi connectivity index (χ0v) is 11.2. The minimum atomic E-state index is 0.598. The fourth-order valence-electron chi connectivity index (χ4n) is 2.10. The predicted octanol–water partition coefficient (Wildman–Crippen LogP) is 2.91. The third-order valence-electron chi connectivity index (χ3n) is 3.04. The largest absolute Gasteiger partial charge is 0.265 e. The van der Waals surface area contributed by atoms with E-state index in [2.05, 4.69) is 31.5 Å². The molecule has 0 fully saturated rings. The lowest BCUT2D eigenvalue weighted by atomic mass is 10.1. The second-order valence-electron chi connectivity index (χ2n) is 4.25. The number of hydrogen-bond donors (Lipinski definition) is 0. The van der Waals surface area contributed by atoms with Crippen LogP contribution in [-0.2, 0) is 0 Å². The van der Waals surface area contributed by atoms with E-state index in [-0.39, 0.29) is 0 Å². The molecule has 6 heteroatoms. The fourth-order valence-corrected chi connectivity index (χ4v) is 2.75. The van der Waals surface area contributed by atoms with E-state index in [1.165, 1.54) is 6.33 Å². The van der Waals surface area contributed by atoms with Gasteiger partial charge in [0.25, 0.3) is 5.78 Å². The van der Waals surface area contributed by atoms with Crippen LogP contribution >= 0.6 is 11.3 Å².